The number of hydrogen-bond acceptors (Lipinski definition) is 5. The standard InChI is InChI=1S/C25H23N3O4/c29-23(26-19-10-11-27(15-19)14-17-5-2-1-3-6-17)18-8-9-21-22(13-18)25(31)28(24(21)30)16-20-7-4-12-32-20/h1-9,12-13,19H,10-11,14-16H2,(H,26,29). The number of nitrogens with zero attached hydrogens (tertiary/aromatic N) is 2. The summed E-state index contributed by atoms with van der Waals surface area (Å²) in [5.74, 6) is -0.491. The maximum absolute atomic E-state index is 12.8. The van der Waals surface area contributed by atoms with Crippen LogP contribution in [0.25, 0.3) is 0 Å². The second-order valence-corrected chi connectivity index (χ2v) is 8.22. The van der Waals surface area contributed by atoms with Gasteiger partial charge in [-0.1, -0.05) is 30.3 Å². The molecular weight excluding hydrogens is 406 g/mol. The van der Waals surface area contributed by atoms with Crippen molar-refractivity contribution in [1.29, 1.82) is 0 Å². The molecule has 2 aliphatic heterocycles. The highest BCUT2D eigenvalue weighted by Gasteiger charge is 2.36. The zero-order chi connectivity index (χ0) is 22.1. The van der Waals surface area contributed by atoms with Crippen molar-refractivity contribution < 1.29 is 18.8 Å². The average Bonchev–Trinajstić information content (AvgIpc) is 3.53. The van der Waals surface area contributed by atoms with Gasteiger partial charge >= 0.3 is 0 Å². The maximum Gasteiger partial charge on any atom is 0.261 e. The Labute approximate surface area is 185 Å². The molecule has 3 heterocycles. The molecule has 0 aliphatic carbocycles. The van der Waals surface area contributed by atoms with Crippen molar-refractivity contribution in [2.24, 2.45) is 0 Å². The molecule has 7 heteroatoms. The van der Waals surface area contributed by atoms with Gasteiger partial charge in [0.05, 0.1) is 23.9 Å². The fourth-order valence-electron chi connectivity index (χ4n) is 4.34. The van der Waals surface area contributed by atoms with Crippen LogP contribution >= 0.6 is 0 Å². The predicted molar refractivity (Wildman–Crippen MR) is 117 cm³/mol. The smallest absolute Gasteiger partial charge is 0.261 e. The summed E-state index contributed by atoms with van der Waals surface area (Å²) in [4.78, 5) is 41.7. The molecule has 2 aliphatic rings. The van der Waals surface area contributed by atoms with E-state index in [9.17, 15) is 14.4 Å². The molecule has 3 amide bonds. The number of hydrogen-bond donors (Lipinski definition) is 1. The van der Waals surface area contributed by atoms with Crippen molar-refractivity contribution >= 4 is 17.7 Å². The van der Waals surface area contributed by atoms with E-state index in [1.54, 1.807) is 24.3 Å². The molecule has 0 bridgehead atoms. The van der Waals surface area contributed by atoms with Crippen molar-refractivity contribution in [3.05, 3.63) is 94.9 Å². The molecular formula is C25H23N3O4. The van der Waals surface area contributed by atoms with Crippen molar-refractivity contribution in [3.63, 3.8) is 0 Å². The molecule has 7 nitrogen and oxygen atoms in total. The SMILES string of the molecule is O=C(NC1CCN(Cc2ccccc2)C1)c1ccc2c(c1)C(=O)N(Cc1ccco1)C2=O. The number of benzene rings is 2. The quantitative estimate of drug-likeness (QED) is 0.609. The van der Waals surface area contributed by atoms with Crippen LogP contribution in [0.2, 0.25) is 0 Å². The number of rotatable bonds is 6. The zero-order valence-corrected chi connectivity index (χ0v) is 17.5. The van der Waals surface area contributed by atoms with Gasteiger partial charge in [-0.3, -0.25) is 24.2 Å². The van der Waals surface area contributed by atoms with Crippen LogP contribution in [-0.4, -0.2) is 46.7 Å². The van der Waals surface area contributed by atoms with Crippen LogP contribution in [0.5, 0.6) is 0 Å². The highest BCUT2D eigenvalue weighted by molar-refractivity contribution is 6.22. The molecule has 1 N–H and O–H groups in total. The van der Waals surface area contributed by atoms with Gasteiger partial charge in [-0.15, -0.1) is 0 Å². The normalized spacial score (nSPS) is 18.2. The van der Waals surface area contributed by atoms with Gasteiger partial charge in [0.1, 0.15) is 5.76 Å². The number of carbonyl (C=O) groups excluding carboxylic acids is 3. The Kier molecular flexibility index (Phi) is 5.33. The molecule has 0 spiro atoms. The minimum atomic E-state index is -0.411. The molecule has 0 radical (unpaired) electrons. The molecule has 2 aromatic carbocycles. The van der Waals surface area contributed by atoms with E-state index in [1.165, 1.54) is 17.9 Å². The minimum Gasteiger partial charge on any atom is -0.467 e. The van der Waals surface area contributed by atoms with Crippen molar-refractivity contribution in [2.75, 3.05) is 13.1 Å². The number of likely N-dealkylation sites (tertiary alicyclic amines) is 1. The molecule has 5 rings (SSSR count). The van der Waals surface area contributed by atoms with Gasteiger partial charge in [0.25, 0.3) is 17.7 Å². The largest absolute Gasteiger partial charge is 0.467 e. The van der Waals surface area contributed by atoms with Gasteiger partial charge in [0.15, 0.2) is 0 Å². The Morgan fingerprint density at radius 3 is 2.56 bits per heavy atom. The molecule has 1 fully saturated rings. The van der Waals surface area contributed by atoms with Gasteiger partial charge in [0.2, 0.25) is 0 Å². The summed E-state index contributed by atoms with van der Waals surface area (Å²) >= 11 is 0. The Bertz CT molecular complexity index is 1160. The number of furan rings is 1. The highest BCUT2D eigenvalue weighted by atomic mass is 16.3. The minimum absolute atomic E-state index is 0.0484. The first-order valence-electron chi connectivity index (χ1n) is 10.7. The first-order valence-corrected chi connectivity index (χ1v) is 10.7. The van der Waals surface area contributed by atoms with Crippen LogP contribution < -0.4 is 5.32 Å². The van der Waals surface area contributed by atoms with E-state index in [0.717, 1.165) is 31.0 Å². The summed E-state index contributed by atoms with van der Waals surface area (Å²) in [5, 5.41) is 3.07. The van der Waals surface area contributed by atoms with Gasteiger partial charge in [-0.25, -0.2) is 0 Å². The van der Waals surface area contributed by atoms with Crippen molar-refractivity contribution in [1.82, 2.24) is 15.1 Å². The molecule has 3 aromatic rings. The van der Waals surface area contributed by atoms with Crippen LogP contribution in [0.15, 0.2) is 71.3 Å². The molecule has 32 heavy (non-hydrogen) atoms. The lowest BCUT2D eigenvalue weighted by atomic mass is 10.0. The van der Waals surface area contributed by atoms with Gasteiger partial charge in [-0.2, -0.15) is 0 Å². The van der Waals surface area contributed by atoms with E-state index < -0.39 is 5.91 Å². The molecule has 1 atom stereocenters. The van der Waals surface area contributed by atoms with E-state index in [2.05, 4.69) is 22.3 Å². The van der Waals surface area contributed by atoms with Gasteiger partial charge < -0.3 is 9.73 Å². The van der Waals surface area contributed by atoms with Crippen LogP contribution in [0.3, 0.4) is 0 Å². The Morgan fingerprint density at radius 2 is 1.78 bits per heavy atom. The third-order valence-electron chi connectivity index (χ3n) is 5.98. The molecule has 0 saturated carbocycles. The maximum atomic E-state index is 12.8. The number of fused-ring (bicyclic) bond motifs is 1. The number of carbonyl (C=O) groups is 3. The third kappa shape index (κ3) is 3.94. The van der Waals surface area contributed by atoms with E-state index in [0.29, 0.717) is 16.9 Å². The predicted octanol–water partition coefficient (Wildman–Crippen LogP) is 3.08. The number of amides is 3. The van der Waals surface area contributed by atoms with E-state index in [-0.39, 0.29) is 30.0 Å². The van der Waals surface area contributed by atoms with Crippen LogP contribution in [0, 0.1) is 0 Å². The lowest BCUT2D eigenvalue weighted by Crippen LogP contribution is -2.37. The molecule has 1 saturated heterocycles. The van der Waals surface area contributed by atoms with E-state index in [1.807, 2.05) is 18.2 Å². The van der Waals surface area contributed by atoms with Gasteiger partial charge in [-0.05, 0) is 42.3 Å². The van der Waals surface area contributed by atoms with Crippen LogP contribution in [0.1, 0.15) is 48.8 Å². The fraction of sp³-hybridized carbons (Fsp3) is 0.240. The topological polar surface area (TPSA) is 82.9 Å². The molecule has 1 aromatic heterocycles. The van der Waals surface area contributed by atoms with E-state index >= 15 is 0 Å². The fourth-order valence-corrected chi connectivity index (χ4v) is 4.34. The second-order valence-electron chi connectivity index (χ2n) is 8.22. The summed E-state index contributed by atoms with van der Waals surface area (Å²) in [6.07, 6.45) is 2.37. The Morgan fingerprint density at radius 1 is 0.969 bits per heavy atom. The van der Waals surface area contributed by atoms with Crippen molar-refractivity contribution in [2.45, 2.75) is 25.6 Å². The van der Waals surface area contributed by atoms with Gasteiger partial charge in [0, 0.05) is 31.2 Å². The first-order chi connectivity index (χ1) is 15.6. The van der Waals surface area contributed by atoms with Crippen LogP contribution in [0.4, 0.5) is 0 Å². The summed E-state index contributed by atoms with van der Waals surface area (Å²) in [5.41, 5.74) is 2.20. The molecule has 1 unspecified atom stereocenters. The highest BCUT2D eigenvalue weighted by Crippen LogP contribution is 2.26. The summed E-state index contributed by atoms with van der Waals surface area (Å²) < 4.78 is 5.26. The van der Waals surface area contributed by atoms with Crippen LogP contribution in [-0.2, 0) is 13.1 Å². The molecule has 162 valence electrons. The number of imide groups is 1. The monoisotopic (exact) mass is 429 g/mol. The Balaban J connectivity index is 1.23. The van der Waals surface area contributed by atoms with Crippen molar-refractivity contribution in [3.8, 4) is 0 Å². The Hall–Kier alpha value is -3.71. The summed E-state index contributed by atoms with van der Waals surface area (Å²) in [6.45, 7) is 2.62. The lowest BCUT2D eigenvalue weighted by molar-refractivity contribution is 0.0631. The summed E-state index contributed by atoms with van der Waals surface area (Å²) in [6, 6.07) is 18.4. The third-order valence-corrected chi connectivity index (χ3v) is 5.98. The lowest BCUT2D eigenvalue weighted by Gasteiger charge is -2.17. The first kappa shape index (κ1) is 20.2. The van der Waals surface area contributed by atoms with E-state index in [4.69, 9.17) is 4.42 Å². The number of nitrogens with one attached hydrogen (secondary N) is 1. The second kappa shape index (κ2) is 8.43. The summed E-state index contributed by atoms with van der Waals surface area (Å²) in [7, 11) is 0. The zero-order valence-electron chi connectivity index (χ0n) is 17.5. The average molecular weight is 429 g/mol.